The minimum absolute atomic E-state index is 0.263. The first-order chi connectivity index (χ1) is 6.02. The topological polar surface area (TPSA) is 40.5 Å². The Balaban J connectivity index is 3.46. The summed E-state index contributed by atoms with van der Waals surface area (Å²) in [5.74, 6) is -0.712. The lowest BCUT2D eigenvalue weighted by Crippen LogP contribution is -2.20. The van der Waals surface area contributed by atoms with Crippen molar-refractivity contribution in [2.45, 2.75) is 26.7 Å². The van der Waals surface area contributed by atoms with Crippen LogP contribution in [0, 0.1) is 0 Å². The predicted octanol–water partition coefficient (Wildman–Crippen LogP) is 1.75. The molecule has 3 heteroatoms. The van der Waals surface area contributed by atoms with E-state index >= 15 is 0 Å². The van der Waals surface area contributed by atoms with Crippen molar-refractivity contribution in [3.8, 4) is 0 Å². The summed E-state index contributed by atoms with van der Waals surface area (Å²) in [5.41, 5.74) is 1.30. The van der Waals surface area contributed by atoms with Crippen molar-refractivity contribution in [2.24, 2.45) is 0 Å². The summed E-state index contributed by atoms with van der Waals surface area (Å²) in [6.07, 6.45) is 3.13. The quantitative estimate of drug-likeness (QED) is 0.641. The van der Waals surface area contributed by atoms with E-state index in [1.165, 1.54) is 5.57 Å². The van der Waals surface area contributed by atoms with E-state index in [4.69, 9.17) is 5.11 Å². The fourth-order valence-electron chi connectivity index (χ4n) is 0.930. The number of aliphatic carboxylic acids is 1. The van der Waals surface area contributed by atoms with Crippen molar-refractivity contribution in [2.75, 3.05) is 20.1 Å². The molecule has 0 bridgehead atoms. The Kier molecular flexibility index (Phi) is 6.24. The molecule has 0 atom stereocenters. The number of carboxylic acid groups (broad SMARTS) is 1. The molecule has 0 amide bonds. The molecule has 0 spiro atoms. The van der Waals surface area contributed by atoms with Crippen LogP contribution in [0.2, 0.25) is 0 Å². The van der Waals surface area contributed by atoms with Crippen LogP contribution in [0.1, 0.15) is 26.7 Å². The Labute approximate surface area is 80.0 Å². The summed E-state index contributed by atoms with van der Waals surface area (Å²) in [7, 11) is 2.00. The van der Waals surface area contributed by atoms with E-state index in [-0.39, 0.29) is 6.42 Å². The Morgan fingerprint density at radius 3 is 2.54 bits per heavy atom. The van der Waals surface area contributed by atoms with Crippen LogP contribution in [-0.2, 0) is 4.79 Å². The number of likely N-dealkylation sites (N-methyl/N-ethyl adjacent to an activating group) is 1. The van der Waals surface area contributed by atoms with Crippen LogP contribution < -0.4 is 0 Å². The smallest absolute Gasteiger partial charge is 0.303 e. The first-order valence-electron chi connectivity index (χ1n) is 4.56. The number of hydrogen-bond donors (Lipinski definition) is 1. The summed E-state index contributed by atoms with van der Waals surface area (Å²) in [5, 5.41) is 8.41. The lowest BCUT2D eigenvalue weighted by Gasteiger charge is -2.13. The van der Waals surface area contributed by atoms with Gasteiger partial charge in [0.2, 0.25) is 0 Å². The van der Waals surface area contributed by atoms with Crippen molar-refractivity contribution in [3.05, 3.63) is 11.6 Å². The van der Waals surface area contributed by atoms with Crippen molar-refractivity contribution < 1.29 is 9.90 Å². The van der Waals surface area contributed by atoms with Crippen LogP contribution in [-0.4, -0.2) is 36.1 Å². The minimum Gasteiger partial charge on any atom is -0.481 e. The monoisotopic (exact) mass is 185 g/mol. The van der Waals surface area contributed by atoms with Crippen LogP contribution in [0.15, 0.2) is 11.6 Å². The zero-order valence-corrected chi connectivity index (χ0v) is 8.71. The van der Waals surface area contributed by atoms with Gasteiger partial charge in [0.25, 0.3) is 0 Å². The second-order valence-electron chi connectivity index (χ2n) is 3.54. The number of allylic oxidation sites excluding steroid dienone is 1. The fourth-order valence-corrected chi connectivity index (χ4v) is 0.930. The van der Waals surface area contributed by atoms with Gasteiger partial charge >= 0.3 is 5.97 Å². The van der Waals surface area contributed by atoms with Gasteiger partial charge in [-0.25, -0.2) is 0 Å². The number of carbonyl (C=O) groups is 1. The number of rotatable bonds is 6. The molecule has 0 radical (unpaired) electrons. The molecule has 0 aromatic heterocycles. The average Bonchev–Trinajstić information content (AvgIpc) is 2.00. The third kappa shape index (κ3) is 9.08. The number of carboxylic acids is 1. The minimum atomic E-state index is -0.712. The van der Waals surface area contributed by atoms with Crippen LogP contribution in [0.4, 0.5) is 0 Å². The summed E-state index contributed by atoms with van der Waals surface area (Å²) >= 11 is 0. The first kappa shape index (κ1) is 12.2. The van der Waals surface area contributed by atoms with Gasteiger partial charge in [0.1, 0.15) is 0 Å². The maximum Gasteiger partial charge on any atom is 0.303 e. The molecule has 0 aliphatic heterocycles. The highest BCUT2D eigenvalue weighted by Crippen LogP contribution is 1.95. The van der Waals surface area contributed by atoms with Gasteiger partial charge in [0, 0.05) is 13.0 Å². The SMILES string of the molecule is CC(C)=CCN(C)CCCC(=O)O. The third-order valence-corrected chi connectivity index (χ3v) is 1.74. The Morgan fingerprint density at radius 1 is 1.46 bits per heavy atom. The Bertz CT molecular complexity index is 183. The molecule has 0 rings (SSSR count). The average molecular weight is 185 g/mol. The number of nitrogens with zero attached hydrogens (tertiary/aromatic N) is 1. The fraction of sp³-hybridized carbons (Fsp3) is 0.700. The molecule has 0 unspecified atom stereocenters. The zero-order valence-electron chi connectivity index (χ0n) is 8.71. The first-order valence-corrected chi connectivity index (χ1v) is 4.56. The molecule has 0 fully saturated rings. The number of hydrogen-bond acceptors (Lipinski definition) is 2. The molecule has 3 nitrogen and oxygen atoms in total. The maximum atomic E-state index is 10.2. The highest BCUT2D eigenvalue weighted by atomic mass is 16.4. The van der Waals surface area contributed by atoms with Crippen molar-refractivity contribution in [1.82, 2.24) is 4.90 Å². The van der Waals surface area contributed by atoms with Gasteiger partial charge < -0.3 is 10.0 Å². The Hall–Kier alpha value is -0.830. The molecule has 0 aromatic carbocycles. The standard InChI is InChI=1S/C10H19NO2/c1-9(2)6-8-11(3)7-4-5-10(12)13/h6H,4-5,7-8H2,1-3H3,(H,12,13). The molecule has 13 heavy (non-hydrogen) atoms. The van der Waals surface area contributed by atoms with Gasteiger partial charge in [-0.1, -0.05) is 11.6 Å². The van der Waals surface area contributed by atoms with Crippen LogP contribution in [0.5, 0.6) is 0 Å². The second-order valence-corrected chi connectivity index (χ2v) is 3.54. The van der Waals surface area contributed by atoms with E-state index in [0.717, 1.165) is 19.5 Å². The second kappa shape index (κ2) is 6.66. The zero-order chi connectivity index (χ0) is 10.3. The highest BCUT2D eigenvalue weighted by molar-refractivity contribution is 5.66. The van der Waals surface area contributed by atoms with E-state index in [9.17, 15) is 4.79 Å². The van der Waals surface area contributed by atoms with Gasteiger partial charge in [-0.15, -0.1) is 0 Å². The highest BCUT2D eigenvalue weighted by Gasteiger charge is 1.99. The molecule has 0 aliphatic carbocycles. The maximum absolute atomic E-state index is 10.2. The molecule has 0 aliphatic rings. The normalized spacial score (nSPS) is 10.2. The summed E-state index contributed by atoms with van der Waals surface area (Å²) in [6, 6.07) is 0. The third-order valence-electron chi connectivity index (χ3n) is 1.74. The largest absolute Gasteiger partial charge is 0.481 e. The lowest BCUT2D eigenvalue weighted by atomic mass is 10.3. The molecule has 0 heterocycles. The van der Waals surface area contributed by atoms with Crippen molar-refractivity contribution in [3.63, 3.8) is 0 Å². The summed E-state index contributed by atoms with van der Waals surface area (Å²) < 4.78 is 0. The van der Waals surface area contributed by atoms with Gasteiger partial charge in [-0.05, 0) is 33.9 Å². The molecule has 1 N–H and O–H groups in total. The van der Waals surface area contributed by atoms with Gasteiger partial charge in [-0.2, -0.15) is 0 Å². The Morgan fingerprint density at radius 2 is 2.08 bits per heavy atom. The predicted molar refractivity (Wildman–Crippen MR) is 53.8 cm³/mol. The van der Waals surface area contributed by atoms with E-state index in [1.807, 2.05) is 7.05 Å². The van der Waals surface area contributed by atoms with Crippen molar-refractivity contribution >= 4 is 5.97 Å². The van der Waals surface area contributed by atoms with Crippen LogP contribution in [0.25, 0.3) is 0 Å². The molecule has 0 saturated heterocycles. The van der Waals surface area contributed by atoms with E-state index in [1.54, 1.807) is 0 Å². The van der Waals surface area contributed by atoms with E-state index < -0.39 is 5.97 Å². The van der Waals surface area contributed by atoms with Crippen molar-refractivity contribution in [1.29, 1.82) is 0 Å². The van der Waals surface area contributed by atoms with Gasteiger partial charge in [0.05, 0.1) is 0 Å². The molecule has 0 aromatic rings. The van der Waals surface area contributed by atoms with Crippen LogP contribution >= 0.6 is 0 Å². The van der Waals surface area contributed by atoms with E-state index in [0.29, 0.717) is 0 Å². The summed E-state index contributed by atoms with van der Waals surface area (Å²) in [6.45, 7) is 5.87. The molecule has 0 saturated carbocycles. The van der Waals surface area contributed by atoms with Gasteiger partial charge in [0.15, 0.2) is 0 Å². The molecular formula is C10H19NO2. The van der Waals surface area contributed by atoms with Crippen LogP contribution in [0.3, 0.4) is 0 Å². The molecular weight excluding hydrogens is 166 g/mol. The lowest BCUT2D eigenvalue weighted by molar-refractivity contribution is -0.137. The van der Waals surface area contributed by atoms with Gasteiger partial charge in [-0.3, -0.25) is 4.79 Å². The molecule has 76 valence electrons. The summed E-state index contributed by atoms with van der Waals surface area (Å²) in [4.78, 5) is 12.3. The van der Waals surface area contributed by atoms with E-state index in [2.05, 4.69) is 24.8 Å².